The van der Waals surface area contributed by atoms with Crippen LogP contribution in [-0.2, 0) is 4.79 Å². The summed E-state index contributed by atoms with van der Waals surface area (Å²) < 4.78 is 0. The topological polar surface area (TPSA) is 32.3 Å². The van der Waals surface area contributed by atoms with E-state index in [-0.39, 0.29) is 18.1 Å². The van der Waals surface area contributed by atoms with E-state index in [0.717, 1.165) is 18.6 Å². The first-order chi connectivity index (χ1) is 10.1. The van der Waals surface area contributed by atoms with Gasteiger partial charge in [0.2, 0.25) is 5.91 Å². The fourth-order valence-electron chi connectivity index (χ4n) is 2.90. The van der Waals surface area contributed by atoms with Gasteiger partial charge < -0.3 is 4.90 Å². The van der Waals surface area contributed by atoms with Crippen molar-refractivity contribution in [2.24, 2.45) is 5.92 Å². The zero-order chi connectivity index (χ0) is 15.4. The molecule has 4 atom stereocenters. The summed E-state index contributed by atoms with van der Waals surface area (Å²) in [5.41, 5.74) is 0. The molecule has 0 aliphatic carbocycles. The van der Waals surface area contributed by atoms with E-state index < -0.39 is 0 Å². The highest BCUT2D eigenvalue weighted by Crippen LogP contribution is 2.34. The first-order valence-corrected chi connectivity index (χ1v) is 10.0. The molecule has 0 bridgehead atoms. The largest absolute Gasteiger partial charge is 0.317 e. The van der Waals surface area contributed by atoms with E-state index in [1.54, 1.807) is 11.3 Å². The van der Waals surface area contributed by atoms with Crippen LogP contribution in [0.1, 0.15) is 44.7 Å². The molecule has 1 fully saturated rings. The standard InChI is InChI=1S/C16H26N2OS2/c1-5-11(3)14-16(19)18(12(6-2)10-20-4)15(17-14)13-8-7-9-21-13/h7-9,11-12,14-15,17H,5-6,10H2,1-4H3. The average Bonchev–Trinajstić information content (AvgIpc) is 3.12. The Kier molecular flexibility index (Phi) is 6.14. The number of thiophene rings is 1. The van der Waals surface area contributed by atoms with Crippen LogP contribution in [0.5, 0.6) is 0 Å². The van der Waals surface area contributed by atoms with E-state index in [9.17, 15) is 4.79 Å². The minimum atomic E-state index is -0.0435. The molecule has 118 valence electrons. The van der Waals surface area contributed by atoms with Crippen molar-refractivity contribution in [2.45, 2.75) is 51.9 Å². The van der Waals surface area contributed by atoms with E-state index in [4.69, 9.17) is 0 Å². The molecule has 0 aromatic carbocycles. The zero-order valence-electron chi connectivity index (χ0n) is 13.3. The first kappa shape index (κ1) is 16.8. The summed E-state index contributed by atoms with van der Waals surface area (Å²) in [7, 11) is 0. The van der Waals surface area contributed by atoms with Crippen molar-refractivity contribution >= 4 is 29.0 Å². The van der Waals surface area contributed by atoms with Crippen LogP contribution in [0.4, 0.5) is 0 Å². The van der Waals surface area contributed by atoms with Gasteiger partial charge in [0.25, 0.3) is 0 Å². The molecule has 3 nitrogen and oxygen atoms in total. The molecule has 5 heteroatoms. The second-order valence-corrected chi connectivity index (χ2v) is 7.60. The molecule has 1 saturated heterocycles. The summed E-state index contributed by atoms with van der Waals surface area (Å²) in [6.45, 7) is 6.50. The van der Waals surface area contributed by atoms with Gasteiger partial charge in [0.15, 0.2) is 0 Å². The predicted octanol–water partition coefficient (Wildman–Crippen LogP) is 3.73. The Morgan fingerprint density at radius 3 is 2.71 bits per heavy atom. The van der Waals surface area contributed by atoms with E-state index in [1.165, 1.54) is 4.88 Å². The number of nitrogens with zero attached hydrogens (tertiary/aromatic N) is 1. The van der Waals surface area contributed by atoms with Gasteiger partial charge in [-0.2, -0.15) is 11.8 Å². The number of nitrogens with one attached hydrogen (secondary N) is 1. The van der Waals surface area contributed by atoms with Gasteiger partial charge in [-0.25, -0.2) is 0 Å². The summed E-state index contributed by atoms with van der Waals surface area (Å²) >= 11 is 3.55. The van der Waals surface area contributed by atoms with Crippen molar-refractivity contribution in [1.82, 2.24) is 10.2 Å². The normalized spacial score (nSPS) is 25.3. The molecule has 1 aliphatic rings. The molecule has 2 rings (SSSR count). The maximum atomic E-state index is 12.9. The van der Waals surface area contributed by atoms with Gasteiger partial charge in [-0.05, 0) is 30.0 Å². The van der Waals surface area contributed by atoms with Crippen molar-refractivity contribution in [1.29, 1.82) is 0 Å². The molecule has 1 N–H and O–H groups in total. The van der Waals surface area contributed by atoms with Crippen molar-refractivity contribution < 1.29 is 4.79 Å². The smallest absolute Gasteiger partial charge is 0.241 e. The highest BCUT2D eigenvalue weighted by atomic mass is 32.2. The van der Waals surface area contributed by atoms with Crippen molar-refractivity contribution in [3.63, 3.8) is 0 Å². The van der Waals surface area contributed by atoms with Gasteiger partial charge >= 0.3 is 0 Å². The Hall–Kier alpha value is -0.520. The number of carbonyl (C=O) groups excluding carboxylic acids is 1. The molecule has 1 aromatic rings. The van der Waals surface area contributed by atoms with Gasteiger partial charge in [0.1, 0.15) is 6.17 Å². The minimum Gasteiger partial charge on any atom is -0.317 e. The molecule has 0 saturated carbocycles. The van der Waals surface area contributed by atoms with Crippen molar-refractivity contribution in [3.8, 4) is 0 Å². The molecular formula is C16H26N2OS2. The van der Waals surface area contributed by atoms with Crippen LogP contribution >= 0.6 is 23.1 Å². The van der Waals surface area contributed by atoms with Crippen LogP contribution in [0.25, 0.3) is 0 Å². The Morgan fingerprint density at radius 1 is 1.43 bits per heavy atom. The molecule has 4 unspecified atom stereocenters. The third kappa shape index (κ3) is 3.46. The van der Waals surface area contributed by atoms with E-state index in [0.29, 0.717) is 12.0 Å². The molecule has 1 amide bonds. The number of thioether (sulfide) groups is 1. The lowest BCUT2D eigenvalue weighted by Crippen LogP contribution is -2.42. The van der Waals surface area contributed by atoms with Gasteiger partial charge in [-0.3, -0.25) is 10.1 Å². The molecule has 21 heavy (non-hydrogen) atoms. The van der Waals surface area contributed by atoms with Crippen LogP contribution in [-0.4, -0.2) is 34.9 Å². The Labute approximate surface area is 136 Å². The van der Waals surface area contributed by atoms with Crippen LogP contribution < -0.4 is 5.32 Å². The molecule has 1 aromatic heterocycles. The van der Waals surface area contributed by atoms with Crippen LogP contribution in [0.3, 0.4) is 0 Å². The molecule has 0 spiro atoms. The summed E-state index contributed by atoms with van der Waals surface area (Å²) in [5, 5.41) is 5.68. The fourth-order valence-corrected chi connectivity index (χ4v) is 4.46. The number of hydrogen-bond donors (Lipinski definition) is 1. The third-order valence-electron chi connectivity index (χ3n) is 4.39. The molecule has 0 radical (unpaired) electrons. The fraction of sp³-hybridized carbons (Fsp3) is 0.688. The average molecular weight is 327 g/mol. The van der Waals surface area contributed by atoms with Crippen LogP contribution in [0.15, 0.2) is 17.5 Å². The van der Waals surface area contributed by atoms with E-state index >= 15 is 0 Å². The van der Waals surface area contributed by atoms with Gasteiger partial charge in [-0.15, -0.1) is 11.3 Å². The summed E-state index contributed by atoms with van der Waals surface area (Å²) in [4.78, 5) is 16.3. The van der Waals surface area contributed by atoms with Crippen molar-refractivity contribution in [3.05, 3.63) is 22.4 Å². The lowest BCUT2D eigenvalue weighted by Gasteiger charge is -2.31. The predicted molar refractivity (Wildman–Crippen MR) is 92.7 cm³/mol. The molecule has 1 aliphatic heterocycles. The van der Waals surface area contributed by atoms with Crippen LogP contribution in [0.2, 0.25) is 0 Å². The third-order valence-corrected chi connectivity index (χ3v) is 6.03. The quantitative estimate of drug-likeness (QED) is 0.828. The Balaban J connectivity index is 2.29. The Bertz CT molecular complexity index is 449. The summed E-state index contributed by atoms with van der Waals surface area (Å²) in [5.74, 6) is 1.65. The highest BCUT2D eigenvalue weighted by Gasteiger charge is 2.44. The second kappa shape index (κ2) is 7.65. The number of carbonyl (C=O) groups is 1. The second-order valence-electron chi connectivity index (χ2n) is 5.71. The van der Waals surface area contributed by atoms with Gasteiger partial charge in [0, 0.05) is 16.7 Å². The summed E-state index contributed by atoms with van der Waals surface area (Å²) in [6, 6.07) is 4.46. The minimum absolute atomic E-state index is 0.0435. The maximum Gasteiger partial charge on any atom is 0.241 e. The monoisotopic (exact) mass is 326 g/mol. The van der Waals surface area contributed by atoms with E-state index in [2.05, 4.69) is 54.8 Å². The lowest BCUT2D eigenvalue weighted by molar-refractivity contribution is -0.132. The maximum absolute atomic E-state index is 12.9. The molecular weight excluding hydrogens is 300 g/mol. The Morgan fingerprint density at radius 2 is 2.19 bits per heavy atom. The first-order valence-electron chi connectivity index (χ1n) is 7.74. The summed E-state index contributed by atoms with van der Waals surface area (Å²) in [6.07, 6.45) is 4.19. The SMILES string of the molecule is CCC(C)C1NC(c2cccs2)N(C(CC)CSC)C1=O. The zero-order valence-corrected chi connectivity index (χ0v) is 15.0. The highest BCUT2D eigenvalue weighted by molar-refractivity contribution is 7.98. The number of amides is 1. The van der Waals surface area contributed by atoms with Crippen LogP contribution in [0, 0.1) is 5.92 Å². The van der Waals surface area contributed by atoms with E-state index in [1.807, 2.05) is 11.8 Å². The number of rotatable bonds is 7. The van der Waals surface area contributed by atoms with Gasteiger partial charge in [0.05, 0.1) is 6.04 Å². The number of hydrogen-bond acceptors (Lipinski definition) is 4. The van der Waals surface area contributed by atoms with Gasteiger partial charge in [-0.1, -0.05) is 33.3 Å². The van der Waals surface area contributed by atoms with Crippen molar-refractivity contribution in [2.75, 3.05) is 12.0 Å². The molecule has 2 heterocycles. The lowest BCUT2D eigenvalue weighted by atomic mass is 9.99.